The van der Waals surface area contributed by atoms with Crippen LogP contribution in [0.4, 0.5) is 5.69 Å². The third-order valence-electron chi connectivity index (χ3n) is 5.09. The molecule has 0 saturated heterocycles. The Balaban J connectivity index is 0.000000886. The summed E-state index contributed by atoms with van der Waals surface area (Å²) in [6.07, 6.45) is 3.13. The number of ether oxygens (including phenoxy) is 1. The minimum Gasteiger partial charge on any atom is -0.481 e. The number of thiazole rings is 1. The van der Waals surface area contributed by atoms with Gasteiger partial charge in [0, 0.05) is 19.1 Å². The number of carboxylic acid groups (broad SMARTS) is 1. The maximum Gasteiger partial charge on any atom is 0.338 e. The summed E-state index contributed by atoms with van der Waals surface area (Å²) >= 11 is 1.19. The van der Waals surface area contributed by atoms with Crippen molar-refractivity contribution in [3.05, 3.63) is 119 Å². The van der Waals surface area contributed by atoms with E-state index >= 15 is 0 Å². The first-order valence-corrected chi connectivity index (χ1v) is 11.7. The number of allylic oxidation sites excluding steroid dienone is 1. The molecule has 37 heavy (non-hydrogen) atoms. The van der Waals surface area contributed by atoms with Gasteiger partial charge in [-0.25, -0.2) is 9.79 Å². The van der Waals surface area contributed by atoms with Gasteiger partial charge in [0.2, 0.25) is 0 Å². The van der Waals surface area contributed by atoms with Crippen LogP contribution in [0.2, 0.25) is 0 Å². The second kappa shape index (κ2) is 11.9. The highest BCUT2D eigenvalue weighted by Crippen LogP contribution is 2.30. The average Bonchev–Trinajstić information content (AvgIpc) is 3.16. The molecule has 1 aliphatic rings. The highest BCUT2D eigenvalue weighted by Gasteiger charge is 2.33. The number of nitro groups is 1. The van der Waals surface area contributed by atoms with Crippen LogP contribution in [-0.4, -0.2) is 33.1 Å². The number of rotatable bonds is 6. The van der Waals surface area contributed by atoms with E-state index in [0.29, 0.717) is 20.6 Å². The predicted octanol–water partition coefficient (Wildman–Crippen LogP) is 2.96. The molecule has 3 aromatic rings. The van der Waals surface area contributed by atoms with E-state index in [2.05, 4.69) is 11.6 Å². The molecule has 0 spiro atoms. The summed E-state index contributed by atoms with van der Waals surface area (Å²) in [5.41, 5.74) is 1.81. The van der Waals surface area contributed by atoms with E-state index in [4.69, 9.17) is 14.6 Å². The summed E-state index contributed by atoms with van der Waals surface area (Å²) in [4.78, 5) is 50.7. The highest BCUT2D eigenvalue weighted by molar-refractivity contribution is 7.07. The number of carboxylic acids is 1. The first-order valence-electron chi connectivity index (χ1n) is 10.9. The molecule has 2 heterocycles. The normalized spacial score (nSPS) is 14.5. The van der Waals surface area contributed by atoms with Crippen LogP contribution in [-0.2, 0) is 14.3 Å². The second-order valence-electron chi connectivity index (χ2n) is 7.75. The predicted molar refractivity (Wildman–Crippen MR) is 138 cm³/mol. The molecule has 190 valence electrons. The van der Waals surface area contributed by atoms with Crippen molar-refractivity contribution in [2.75, 3.05) is 6.61 Å². The van der Waals surface area contributed by atoms with Gasteiger partial charge in [-0.1, -0.05) is 54.3 Å². The Morgan fingerprint density at radius 2 is 1.84 bits per heavy atom. The van der Waals surface area contributed by atoms with E-state index in [-0.39, 0.29) is 23.4 Å². The van der Waals surface area contributed by atoms with Gasteiger partial charge in [-0.3, -0.25) is 24.3 Å². The first-order chi connectivity index (χ1) is 17.6. The number of benzene rings is 2. The van der Waals surface area contributed by atoms with Gasteiger partial charge >= 0.3 is 5.97 Å². The molecule has 0 amide bonds. The monoisotopic (exact) mass is 521 g/mol. The molecular formula is C26H23N3O7S. The van der Waals surface area contributed by atoms with Crippen molar-refractivity contribution in [2.24, 2.45) is 4.99 Å². The van der Waals surface area contributed by atoms with E-state index in [1.807, 2.05) is 30.3 Å². The molecule has 0 radical (unpaired) electrons. The van der Waals surface area contributed by atoms with Crippen molar-refractivity contribution >= 4 is 35.0 Å². The average molecular weight is 522 g/mol. The molecule has 1 N–H and O–H groups in total. The molecule has 0 aliphatic carbocycles. The minimum absolute atomic E-state index is 0.0315. The Bertz CT molecular complexity index is 1550. The number of carbonyl (C=O) groups excluding carboxylic acids is 1. The van der Waals surface area contributed by atoms with Gasteiger partial charge in [-0.15, -0.1) is 0 Å². The molecule has 1 atom stereocenters. The van der Waals surface area contributed by atoms with Crippen molar-refractivity contribution in [3.63, 3.8) is 0 Å². The quantitative estimate of drug-likeness (QED) is 0.227. The standard InChI is InChI=1S/C24H19N3O5S.C2H4O2/c1-3-13-32-23(29)20-15(2)25-24-26(21(20)17-7-5-4-6-8-17)22(28)19(33-24)14-16-9-11-18(12-10-16)27(30)31;1-2(3)4/h3-12,14,21H,1,13H2,2H3;1H3,(H,3,4)/b19-14+;. The Morgan fingerprint density at radius 1 is 1.22 bits per heavy atom. The van der Waals surface area contributed by atoms with Gasteiger partial charge < -0.3 is 9.84 Å². The lowest BCUT2D eigenvalue weighted by molar-refractivity contribution is -0.384. The third-order valence-corrected chi connectivity index (χ3v) is 6.07. The highest BCUT2D eigenvalue weighted by atomic mass is 32.1. The Kier molecular flexibility index (Phi) is 8.64. The molecule has 0 saturated carbocycles. The summed E-state index contributed by atoms with van der Waals surface area (Å²) in [6, 6.07) is 14.4. The fraction of sp³-hybridized carbons (Fsp3) is 0.154. The number of esters is 1. The van der Waals surface area contributed by atoms with Crippen molar-refractivity contribution in [3.8, 4) is 0 Å². The molecule has 1 unspecified atom stereocenters. The molecule has 11 heteroatoms. The van der Waals surface area contributed by atoms with Crippen LogP contribution in [0.1, 0.15) is 31.0 Å². The van der Waals surface area contributed by atoms with E-state index in [1.54, 1.807) is 25.1 Å². The molecular weight excluding hydrogens is 498 g/mol. The summed E-state index contributed by atoms with van der Waals surface area (Å²) in [5, 5.41) is 18.3. The lowest BCUT2D eigenvalue weighted by Gasteiger charge is -2.24. The van der Waals surface area contributed by atoms with Crippen molar-refractivity contribution in [1.29, 1.82) is 0 Å². The zero-order valence-electron chi connectivity index (χ0n) is 20.0. The van der Waals surface area contributed by atoms with Crippen LogP contribution < -0.4 is 14.9 Å². The molecule has 0 fully saturated rings. The van der Waals surface area contributed by atoms with Gasteiger partial charge in [0.25, 0.3) is 17.2 Å². The number of carbonyl (C=O) groups is 2. The Labute approximate surface area is 215 Å². The number of hydrogen-bond donors (Lipinski definition) is 1. The van der Waals surface area contributed by atoms with Crippen LogP contribution in [0.25, 0.3) is 6.08 Å². The van der Waals surface area contributed by atoms with Crippen LogP contribution in [0.3, 0.4) is 0 Å². The lowest BCUT2D eigenvalue weighted by atomic mass is 9.96. The van der Waals surface area contributed by atoms with Crippen LogP contribution in [0, 0.1) is 10.1 Å². The van der Waals surface area contributed by atoms with E-state index in [0.717, 1.165) is 12.5 Å². The SMILES string of the molecule is C=CCOC(=O)C1=C(C)N=c2s/c(=C/c3ccc([N+](=O)[O-])cc3)c(=O)n2C1c1ccccc1.CC(=O)O. The zero-order chi connectivity index (χ0) is 27.1. The summed E-state index contributed by atoms with van der Waals surface area (Å²) in [5.74, 6) is -1.39. The maximum absolute atomic E-state index is 13.4. The molecule has 1 aliphatic heterocycles. The number of fused-ring (bicyclic) bond motifs is 1. The smallest absolute Gasteiger partial charge is 0.338 e. The number of hydrogen-bond acceptors (Lipinski definition) is 8. The molecule has 4 rings (SSSR count). The number of aromatic nitrogens is 1. The topological polar surface area (TPSA) is 141 Å². The van der Waals surface area contributed by atoms with E-state index in [1.165, 1.54) is 34.1 Å². The Morgan fingerprint density at radius 3 is 2.41 bits per heavy atom. The van der Waals surface area contributed by atoms with Gasteiger partial charge in [0.1, 0.15) is 6.61 Å². The van der Waals surface area contributed by atoms with Crippen LogP contribution in [0.5, 0.6) is 0 Å². The van der Waals surface area contributed by atoms with Gasteiger partial charge in [0.15, 0.2) is 4.80 Å². The third kappa shape index (κ3) is 6.33. The summed E-state index contributed by atoms with van der Waals surface area (Å²) in [7, 11) is 0. The minimum atomic E-state index is -0.833. The fourth-order valence-corrected chi connectivity index (χ4v) is 4.64. The van der Waals surface area contributed by atoms with Crippen molar-refractivity contribution < 1.29 is 24.4 Å². The number of nitro benzene ring substituents is 1. The Hall–Kier alpha value is -4.64. The number of nitrogens with zero attached hydrogens (tertiary/aromatic N) is 3. The van der Waals surface area contributed by atoms with Crippen LogP contribution in [0.15, 0.2) is 88.3 Å². The molecule has 2 aromatic carbocycles. The van der Waals surface area contributed by atoms with Crippen LogP contribution >= 0.6 is 11.3 Å². The summed E-state index contributed by atoms with van der Waals surface area (Å²) in [6.45, 7) is 6.41. The van der Waals surface area contributed by atoms with E-state index < -0.39 is 22.9 Å². The first kappa shape index (κ1) is 27.0. The zero-order valence-corrected chi connectivity index (χ0v) is 20.8. The lowest BCUT2D eigenvalue weighted by Crippen LogP contribution is -2.39. The number of non-ortho nitro benzene ring substituents is 1. The van der Waals surface area contributed by atoms with Gasteiger partial charge in [-0.2, -0.15) is 0 Å². The summed E-state index contributed by atoms with van der Waals surface area (Å²) < 4.78 is 7.19. The molecule has 1 aromatic heterocycles. The van der Waals surface area contributed by atoms with E-state index in [9.17, 15) is 19.7 Å². The molecule has 10 nitrogen and oxygen atoms in total. The van der Waals surface area contributed by atoms with Gasteiger partial charge in [0.05, 0.1) is 26.8 Å². The van der Waals surface area contributed by atoms with Crippen molar-refractivity contribution in [2.45, 2.75) is 19.9 Å². The maximum atomic E-state index is 13.4. The second-order valence-corrected chi connectivity index (χ2v) is 8.76. The fourth-order valence-electron chi connectivity index (χ4n) is 3.59. The number of aliphatic carboxylic acids is 1. The van der Waals surface area contributed by atoms with Gasteiger partial charge in [-0.05, 0) is 36.3 Å². The van der Waals surface area contributed by atoms with Crippen molar-refractivity contribution in [1.82, 2.24) is 4.57 Å². The molecule has 0 bridgehead atoms. The largest absolute Gasteiger partial charge is 0.481 e.